The molecule has 0 aliphatic heterocycles. The molecule has 0 fully saturated rings. The molecule has 0 spiro atoms. The van der Waals surface area contributed by atoms with Gasteiger partial charge in [-0.05, 0) is 17.7 Å². The summed E-state index contributed by atoms with van der Waals surface area (Å²) in [7, 11) is 0. The highest BCUT2D eigenvalue weighted by Crippen LogP contribution is 2.24. The summed E-state index contributed by atoms with van der Waals surface area (Å²) in [5.74, 6) is -0.175. The molecule has 1 aromatic heterocycles. The lowest BCUT2D eigenvalue weighted by Crippen LogP contribution is -2.18. The van der Waals surface area contributed by atoms with Crippen LogP contribution in [0.2, 0.25) is 0 Å². The van der Waals surface area contributed by atoms with Gasteiger partial charge < -0.3 is 20.1 Å². The number of hydrogen-bond donors (Lipinski definition) is 3. The van der Waals surface area contributed by atoms with E-state index in [1.165, 1.54) is 6.07 Å². The molecule has 5 nitrogen and oxygen atoms in total. The van der Waals surface area contributed by atoms with Gasteiger partial charge in [-0.3, -0.25) is 0 Å². The summed E-state index contributed by atoms with van der Waals surface area (Å²) in [5.41, 5.74) is 0.936. The summed E-state index contributed by atoms with van der Waals surface area (Å²) in [4.78, 5) is 3.95. The Hall–Kier alpha value is -2.01. The molecule has 0 atom stereocenters. The van der Waals surface area contributed by atoms with E-state index in [0.717, 1.165) is 18.7 Å². The fraction of sp³-hybridized carbons (Fsp3) is 0.250. The first-order valence-electron chi connectivity index (χ1n) is 5.43. The largest absolute Gasteiger partial charge is 0.504 e. The third-order valence-electron chi connectivity index (χ3n) is 2.47. The lowest BCUT2D eigenvalue weighted by Gasteiger charge is -2.06. The van der Waals surface area contributed by atoms with E-state index in [-0.39, 0.29) is 11.5 Å². The lowest BCUT2D eigenvalue weighted by molar-refractivity contribution is 0.403. The van der Waals surface area contributed by atoms with Gasteiger partial charge in [0.15, 0.2) is 11.5 Å². The first-order valence-corrected chi connectivity index (χ1v) is 5.43. The van der Waals surface area contributed by atoms with E-state index in [1.807, 2.05) is 10.8 Å². The third kappa shape index (κ3) is 3.22. The van der Waals surface area contributed by atoms with E-state index >= 15 is 0 Å². The normalized spacial score (nSPS) is 10.6. The van der Waals surface area contributed by atoms with Crippen LogP contribution in [0.3, 0.4) is 0 Å². The van der Waals surface area contributed by atoms with E-state index < -0.39 is 0 Å². The van der Waals surface area contributed by atoms with Gasteiger partial charge in [0.1, 0.15) is 0 Å². The summed E-state index contributed by atoms with van der Waals surface area (Å²) in [5, 5.41) is 21.7. The van der Waals surface area contributed by atoms with Gasteiger partial charge in [-0.1, -0.05) is 6.07 Å². The molecule has 2 aromatic rings. The molecular weight excluding hydrogens is 218 g/mol. The number of nitrogens with one attached hydrogen (secondary N) is 1. The Morgan fingerprint density at radius 2 is 2.12 bits per heavy atom. The second-order valence-electron chi connectivity index (χ2n) is 3.80. The smallest absolute Gasteiger partial charge is 0.157 e. The van der Waals surface area contributed by atoms with Crippen LogP contribution in [0.4, 0.5) is 0 Å². The second kappa shape index (κ2) is 5.36. The summed E-state index contributed by atoms with van der Waals surface area (Å²) in [6, 6.07) is 4.82. The van der Waals surface area contributed by atoms with E-state index in [0.29, 0.717) is 6.54 Å². The minimum absolute atomic E-state index is 0.0843. The highest BCUT2D eigenvalue weighted by molar-refractivity contribution is 5.40. The van der Waals surface area contributed by atoms with Gasteiger partial charge >= 0.3 is 0 Å². The molecule has 3 N–H and O–H groups in total. The van der Waals surface area contributed by atoms with Gasteiger partial charge in [0.05, 0.1) is 6.33 Å². The zero-order valence-electron chi connectivity index (χ0n) is 9.37. The highest BCUT2D eigenvalue weighted by Gasteiger charge is 2.00. The van der Waals surface area contributed by atoms with E-state index in [9.17, 15) is 5.11 Å². The molecule has 0 aliphatic rings. The van der Waals surface area contributed by atoms with Crippen molar-refractivity contribution in [2.24, 2.45) is 0 Å². The number of hydrogen-bond acceptors (Lipinski definition) is 4. The molecule has 0 bridgehead atoms. The van der Waals surface area contributed by atoms with Crippen molar-refractivity contribution in [3.8, 4) is 11.5 Å². The number of phenolic OH excluding ortho intramolecular Hbond substituents is 2. The van der Waals surface area contributed by atoms with Gasteiger partial charge in [0, 0.05) is 32.0 Å². The van der Waals surface area contributed by atoms with Crippen molar-refractivity contribution in [2.45, 2.75) is 13.1 Å². The Balaban J connectivity index is 1.76. The Labute approximate surface area is 99.4 Å². The van der Waals surface area contributed by atoms with Crippen molar-refractivity contribution in [2.75, 3.05) is 6.54 Å². The van der Waals surface area contributed by atoms with Gasteiger partial charge in [-0.2, -0.15) is 0 Å². The van der Waals surface area contributed by atoms with Crippen LogP contribution in [-0.4, -0.2) is 26.3 Å². The maximum atomic E-state index is 9.32. The van der Waals surface area contributed by atoms with Crippen molar-refractivity contribution >= 4 is 0 Å². The minimum atomic E-state index is -0.0906. The maximum Gasteiger partial charge on any atom is 0.157 e. The Bertz CT molecular complexity index is 469. The average molecular weight is 233 g/mol. The van der Waals surface area contributed by atoms with Crippen LogP contribution in [0.5, 0.6) is 11.5 Å². The number of aromatic hydroxyl groups is 2. The standard InChI is InChI=1S/C12H15N3O2/c16-11-2-1-10(7-12(11)17)8-13-3-5-15-6-4-14-9-15/h1-2,4,6-7,9,13,16-17H,3,5,8H2. The third-order valence-corrected chi connectivity index (χ3v) is 2.47. The summed E-state index contributed by atoms with van der Waals surface area (Å²) < 4.78 is 1.99. The average Bonchev–Trinajstić information content (AvgIpc) is 2.82. The Morgan fingerprint density at radius 3 is 2.82 bits per heavy atom. The predicted molar refractivity (Wildman–Crippen MR) is 63.7 cm³/mol. The van der Waals surface area contributed by atoms with Crippen molar-refractivity contribution in [3.63, 3.8) is 0 Å². The van der Waals surface area contributed by atoms with Crippen molar-refractivity contribution in [1.82, 2.24) is 14.9 Å². The van der Waals surface area contributed by atoms with Crippen LogP contribution >= 0.6 is 0 Å². The molecule has 17 heavy (non-hydrogen) atoms. The number of phenols is 2. The monoisotopic (exact) mass is 233 g/mol. The number of aromatic nitrogens is 2. The van der Waals surface area contributed by atoms with Crippen LogP contribution in [0.15, 0.2) is 36.9 Å². The SMILES string of the molecule is Oc1ccc(CNCCn2ccnc2)cc1O. The molecule has 0 radical (unpaired) electrons. The summed E-state index contributed by atoms with van der Waals surface area (Å²) in [6.45, 7) is 2.32. The molecule has 0 saturated carbocycles. The van der Waals surface area contributed by atoms with Crippen LogP contribution < -0.4 is 5.32 Å². The van der Waals surface area contributed by atoms with Gasteiger partial charge in [0.25, 0.3) is 0 Å². The molecular formula is C12H15N3O2. The van der Waals surface area contributed by atoms with Crippen LogP contribution in [0.25, 0.3) is 0 Å². The highest BCUT2D eigenvalue weighted by atomic mass is 16.3. The molecule has 0 saturated heterocycles. The fourth-order valence-corrected chi connectivity index (χ4v) is 1.54. The zero-order valence-corrected chi connectivity index (χ0v) is 9.37. The van der Waals surface area contributed by atoms with Crippen molar-refractivity contribution in [3.05, 3.63) is 42.5 Å². The van der Waals surface area contributed by atoms with Crippen LogP contribution in [0.1, 0.15) is 5.56 Å². The molecule has 0 aliphatic carbocycles. The quantitative estimate of drug-likeness (QED) is 0.534. The van der Waals surface area contributed by atoms with E-state index in [4.69, 9.17) is 5.11 Å². The predicted octanol–water partition coefficient (Wildman–Crippen LogP) is 1.08. The summed E-state index contributed by atoms with van der Waals surface area (Å²) >= 11 is 0. The first kappa shape index (κ1) is 11.5. The first-order chi connectivity index (χ1) is 8.25. The number of rotatable bonds is 5. The Kier molecular flexibility index (Phi) is 3.62. The number of imidazole rings is 1. The molecule has 90 valence electrons. The number of benzene rings is 1. The summed E-state index contributed by atoms with van der Waals surface area (Å²) in [6.07, 6.45) is 5.43. The van der Waals surface area contributed by atoms with Crippen LogP contribution in [-0.2, 0) is 13.1 Å². The fourth-order valence-electron chi connectivity index (χ4n) is 1.54. The lowest BCUT2D eigenvalue weighted by atomic mass is 10.2. The van der Waals surface area contributed by atoms with Gasteiger partial charge in [0.2, 0.25) is 0 Å². The van der Waals surface area contributed by atoms with E-state index in [1.54, 1.807) is 24.7 Å². The van der Waals surface area contributed by atoms with Gasteiger partial charge in [-0.25, -0.2) is 4.98 Å². The zero-order chi connectivity index (χ0) is 12.1. The van der Waals surface area contributed by atoms with E-state index in [2.05, 4.69) is 10.3 Å². The van der Waals surface area contributed by atoms with Crippen molar-refractivity contribution < 1.29 is 10.2 Å². The minimum Gasteiger partial charge on any atom is -0.504 e. The maximum absolute atomic E-state index is 9.32. The molecule has 1 heterocycles. The molecule has 5 heteroatoms. The van der Waals surface area contributed by atoms with Crippen LogP contribution in [0, 0.1) is 0 Å². The molecule has 2 rings (SSSR count). The van der Waals surface area contributed by atoms with Crippen molar-refractivity contribution in [1.29, 1.82) is 0 Å². The topological polar surface area (TPSA) is 70.3 Å². The Morgan fingerprint density at radius 1 is 1.24 bits per heavy atom. The molecule has 1 aromatic carbocycles. The molecule has 0 amide bonds. The second-order valence-corrected chi connectivity index (χ2v) is 3.80. The molecule has 0 unspecified atom stereocenters. The van der Waals surface area contributed by atoms with Gasteiger partial charge in [-0.15, -0.1) is 0 Å². The number of nitrogens with zero attached hydrogens (tertiary/aromatic N) is 2.